The fraction of sp³-hybridized carbons (Fsp3) is 0.333. The Morgan fingerprint density at radius 2 is 2.42 bits per heavy atom. The number of nitrogens with zero attached hydrogens (tertiary/aromatic N) is 2. The molecular weight excluding hydrogens is 178 g/mol. The summed E-state index contributed by atoms with van der Waals surface area (Å²) in [4.78, 5) is 7.67. The predicted molar refractivity (Wildman–Crippen MR) is 49.0 cm³/mol. The predicted octanol–water partition coefficient (Wildman–Crippen LogP) is 0.847. The third kappa shape index (κ3) is 1.96. The maximum atomic E-state index is 5.55. The van der Waals surface area contributed by atoms with E-state index < -0.39 is 0 Å². The van der Waals surface area contributed by atoms with E-state index in [1.54, 1.807) is 6.20 Å². The first-order valence-electron chi connectivity index (χ1n) is 3.51. The zero-order chi connectivity index (χ0) is 8.97. The van der Waals surface area contributed by atoms with Crippen molar-refractivity contribution in [1.82, 2.24) is 9.97 Å². The van der Waals surface area contributed by atoms with Gasteiger partial charge in [-0.3, -0.25) is 0 Å². The van der Waals surface area contributed by atoms with Crippen LogP contribution in [0.3, 0.4) is 0 Å². The lowest BCUT2D eigenvalue weighted by atomic mass is 10.4. The van der Waals surface area contributed by atoms with Gasteiger partial charge in [-0.15, -0.1) is 0 Å². The monoisotopic (exact) mass is 187 g/mol. The molecule has 0 saturated carbocycles. The van der Waals surface area contributed by atoms with Gasteiger partial charge in [-0.1, -0.05) is 0 Å². The number of hydrogen-bond acceptors (Lipinski definition) is 5. The fourth-order valence-electron chi connectivity index (χ4n) is 0.790. The van der Waals surface area contributed by atoms with Crippen molar-refractivity contribution >= 4 is 23.1 Å². The van der Waals surface area contributed by atoms with Gasteiger partial charge in [0.2, 0.25) is 5.28 Å². The summed E-state index contributed by atoms with van der Waals surface area (Å²) in [6.45, 7) is 2.74. The molecule has 0 aromatic carbocycles. The number of hydrazine groups is 1. The van der Waals surface area contributed by atoms with Gasteiger partial charge in [0.15, 0.2) is 5.82 Å². The first kappa shape index (κ1) is 9.02. The summed E-state index contributed by atoms with van der Waals surface area (Å²) in [6.07, 6.45) is 1.58. The van der Waals surface area contributed by atoms with E-state index in [0.717, 1.165) is 12.2 Å². The van der Waals surface area contributed by atoms with Crippen LogP contribution in [-0.4, -0.2) is 16.5 Å². The molecule has 66 valence electrons. The van der Waals surface area contributed by atoms with Gasteiger partial charge in [0, 0.05) is 6.54 Å². The van der Waals surface area contributed by atoms with Crippen LogP contribution in [-0.2, 0) is 0 Å². The molecule has 0 aliphatic heterocycles. The van der Waals surface area contributed by atoms with E-state index in [1.807, 2.05) is 6.92 Å². The summed E-state index contributed by atoms with van der Waals surface area (Å²) < 4.78 is 0. The molecule has 1 heterocycles. The highest BCUT2D eigenvalue weighted by atomic mass is 35.5. The van der Waals surface area contributed by atoms with E-state index >= 15 is 0 Å². The molecule has 6 heteroatoms. The molecule has 12 heavy (non-hydrogen) atoms. The minimum absolute atomic E-state index is 0.171. The first-order chi connectivity index (χ1) is 5.77. The van der Waals surface area contributed by atoms with Gasteiger partial charge in [-0.2, -0.15) is 4.98 Å². The van der Waals surface area contributed by atoms with Crippen LogP contribution >= 0.6 is 11.6 Å². The van der Waals surface area contributed by atoms with E-state index in [-0.39, 0.29) is 5.28 Å². The van der Waals surface area contributed by atoms with Crippen LogP contribution < -0.4 is 16.6 Å². The second kappa shape index (κ2) is 4.08. The van der Waals surface area contributed by atoms with Crippen LogP contribution in [0, 0.1) is 0 Å². The molecule has 0 saturated heterocycles. The van der Waals surface area contributed by atoms with Crippen LogP contribution in [0.1, 0.15) is 6.92 Å². The topological polar surface area (TPSA) is 75.9 Å². The molecule has 1 aromatic heterocycles. The molecule has 1 rings (SSSR count). The maximum absolute atomic E-state index is 5.55. The quantitative estimate of drug-likeness (QED) is 0.372. The maximum Gasteiger partial charge on any atom is 0.224 e. The lowest BCUT2D eigenvalue weighted by Crippen LogP contribution is -2.12. The van der Waals surface area contributed by atoms with Gasteiger partial charge in [-0.25, -0.2) is 10.8 Å². The molecule has 0 atom stereocenters. The number of halogens is 1. The largest absolute Gasteiger partial charge is 0.381 e. The Labute approximate surface area is 75.3 Å². The normalized spacial score (nSPS) is 9.58. The van der Waals surface area contributed by atoms with Crippen molar-refractivity contribution in [3.8, 4) is 0 Å². The molecule has 0 spiro atoms. The summed E-state index contributed by atoms with van der Waals surface area (Å²) in [5.41, 5.74) is 3.16. The lowest BCUT2D eigenvalue weighted by molar-refractivity contribution is 1.11. The second-order valence-corrected chi connectivity index (χ2v) is 2.41. The average molecular weight is 188 g/mol. The van der Waals surface area contributed by atoms with Crippen molar-refractivity contribution < 1.29 is 0 Å². The molecule has 0 radical (unpaired) electrons. The van der Waals surface area contributed by atoms with Crippen LogP contribution in [0.25, 0.3) is 0 Å². The van der Waals surface area contributed by atoms with E-state index in [0.29, 0.717) is 5.82 Å². The Bertz CT molecular complexity index is 264. The average Bonchev–Trinajstić information content (AvgIpc) is 2.08. The number of nitrogens with two attached hydrogens (primary N) is 1. The number of anilines is 2. The molecule has 0 aliphatic rings. The van der Waals surface area contributed by atoms with Crippen molar-refractivity contribution in [1.29, 1.82) is 0 Å². The van der Waals surface area contributed by atoms with Gasteiger partial charge in [0.25, 0.3) is 0 Å². The Morgan fingerprint density at radius 1 is 1.67 bits per heavy atom. The third-order valence-corrected chi connectivity index (χ3v) is 1.45. The van der Waals surface area contributed by atoms with Gasteiger partial charge >= 0.3 is 0 Å². The molecule has 0 amide bonds. The van der Waals surface area contributed by atoms with Crippen molar-refractivity contribution in [3.63, 3.8) is 0 Å². The summed E-state index contributed by atoms with van der Waals surface area (Å²) in [6, 6.07) is 0. The molecule has 1 aromatic rings. The summed E-state index contributed by atoms with van der Waals surface area (Å²) >= 11 is 5.55. The van der Waals surface area contributed by atoms with E-state index in [1.165, 1.54) is 0 Å². The van der Waals surface area contributed by atoms with E-state index in [9.17, 15) is 0 Å². The van der Waals surface area contributed by atoms with Crippen LogP contribution in [0.2, 0.25) is 5.28 Å². The standard InChI is InChI=1S/C6H10ClN5/c1-2-9-4-3-10-6(7)11-5(4)12-8/h3,9H,2,8H2,1H3,(H,10,11,12). The Kier molecular flexibility index (Phi) is 3.07. The van der Waals surface area contributed by atoms with Crippen molar-refractivity contribution in [2.24, 2.45) is 5.84 Å². The van der Waals surface area contributed by atoms with Crippen LogP contribution in [0.15, 0.2) is 6.20 Å². The SMILES string of the molecule is CCNc1cnc(Cl)nc1NN. The summed E-state index contributed by atoms with van der Waals surface area (Å²) in [5, 5.41) is 3.20. The lowest BCUT2D eigenvalue weighted by Gasteiger charge is -2.07. The molecule has 0 fully saturated rings. The molecule has 4 N–H and O–H groups in total. The van der Waals surface area contributed by atoms with Crippen LogP contribution in [0.5, 0.6) is 0 Å². The van der Waals surface area contributed by atoms with Gasteiger partial charge in [0.1, 0.15) is 0 Å². The highest BCUT2D eigenvalue weighted by Crippen LogP contribution is 2.17. The highest BCUT2D eigenvalue weighted by Gasteiger charge is 2.02. The molecule has 0 bridgehead atoms. The minimum Gasteiger partial charge on any atom is -0.381 e. The zero-order valence-electron chi connectivity index (χ0n) is 6.63. The van der Waals surface area contributed by atoms with Gasteiger partial charge in [0.05, 0.1) is 11.9 Å². The van der Waals surface area contributed by atoms with E-state index in [4.69, 9.17) is 17.4 Å². The number of hydrogen-bond donors (Lipinski definition) is 3. The molecule has 5 nitrogen and oxygen atoms in total. The Morgan fingerprint density at radius 3 is 3.00 bits per heavy atom. The Hall–Kier alpha value is -1.07. The molecule has 0 aliphatic carbocycles. The van der Waals surface area contributed by atoms with Gasteiger partial charge < -0.3 is 10.7 Å². The number of nitrogens with one attached hydrogen (secondary N) is 2. The van der Waals surface area contributed by atoms with Crippen LogP contribution in [0.4, 0.5) is 11.5 Å². The van der Waals surface area contributed by atoms with Crippen molar-refractivity contribution in [2.75, 3.05) is 17.3 Å². The van der Waals surface area contributed by atoms with Gasteiger partial charge in [-0.05, 0) is 18.5 Å². The number of nitrogen functional groups attached to an aromatic ring is 1. The van der Waals surface area contributed by atoms with Crippen molar-refractivity contribution in [2.45, 2.75) is 6.92 Å². The minimum atomic E-state index is 0.171. The second-order valence-electron chi connectivity index (χ2n) is 2.08. The number of rotatable bonds is 3. The highest BCUT2D eigenvalue weighted by molar-refractivity contribution is 6.28. The molecule has 0 unspecified atom stereocenters. The zero-order valence-corrected chi connectivity index (χ0v) is 7.39. The Balaban J connectivity index is 2.94. The molecular formula is C6H10ClN5. The first-order valence-corrected chi connectivity index (χ1v) is 3.88. The van der Waals surface area contributed by atoms with E-state index in [2.05, 4.69) is 20.7 Å². The smallest absolute Gasteiger partial charge is 0.224 e. The summed E-state index contributed by atoms with van der Waals surface area (Å²) in [7, 11) is 0. The van der Waals surface area contributed by atoms with Crippen molar-refractivity contribution in [3.05, 3.63) is 11.5 Å². The fourth-order valence-corrected chi connectivity index (χ4v) is 0.923. The third-order valence-electron chi connectivity index (χ3n) is 1.26. The summed E-state index contributed by atoms with van der Waals surface area (Å²) in [5.74, 6) is 5.71. The number of aromatic nitrogens is 2.